The Morgan fingerprint density at radius 2 is 1.80 bits per heavy atom. The number of nitrogens with one attached hydrogen (secondary N) is 1. The summed E-state index contributed by atoms with van der Waals surface area (Å²) in [6.45, 7) is 5.88. The molecule has 1 aliphatic rings. The summed E-state index contributed by atoms with van der Waals surface area (Å²) in [5.74, 6) is -1.49. The van der Waals surface area contributed by atoms with E-state index in [0.29, 0.717) is 28.4 Å². The number of hydrogen-bond donors (Lipinski definition) is 1. The SMILES string of the molecule is CCOC(=O)c1ccc(-n2c(C)cc(/C=C3\C(=O)NC(=S)N(c4cccc(Cl)c4)C3=O)c2C)cc1. The number of esters is 1. The van der Waals surface area contributed by atoms with Crippen molar-refractivity contribution in [1.82, 2.24) is 9.88 Å². The lowest BCUT2D eigenvalue weighted by atomic mass is 10.1. The zero-order valence-corrected chi connectivity index (χ0v) is 20.9. The molecule has 2 heterocycles. The summed E-state index contributed by atoms with van der Waals surface area (Å²) in [6.07, 6.45) is 1.56. The molecule has 7 nitrogen and oxygen atoms in total. The fourth-order valence-corrected chi connectivity index (χ4v) is 4.42. The second-order valence-corrected chi connectivity index (χ2v) is 8.69. The molecule has 1 aromatic heterocycles. The van der Waals surface area contributed by atoms with Gasteiger partial charge in [-0.25, -0.2) is 4.79 Å². The van der Waals surface area contributed by atoms with Crippen LogP contribution in [0.2, 0.25) is 5.02 Å². The first-order chi connectivity index (χ1) is 16.7. The van der Waals surface area contributed by atoms with Gasteiger partial charge in [-0.3, -0.25) is 19.8 Å². The molecule has 9 heteroatoms. The van der Waals surface area contributed by atoms with E-state index in [2.05, 4.69) is 5.32 Å². The highest BCUT2D eigenvalue weighted by molar-refractivity contribution is 7.80. The molecule has 1 fully saturated rings. The van der Waals surface area contributed by atoms with Crippen LogP contribution in [0.25, 0.3) is 11.8 Å². The van der Waals surface area contributed by atoms with Crippen molar-refractivity contribution in [3.8, 4) is 5.69 Å². The predicted octanol–water partition coefficient (Wildman–Crippen LogP) is 4.76. The van der Waals surface area contributed by atoms with E-state index in [4.69, 9.17) is 28.6 Å². The van der Waals surface area contributed by atoms with Gasteiger partial charge in [-0.15, -0.1) is 0 Å². The summed E-state index contributed by atoms with van der Waals surface area (Å²) in [6, 6.07) is 15.6. The molecule has 0 saturated carbocycles. The monoisotopic (exact) mass is 507 g/mol. The average Bonchev–Trinajstić information content (AvgIpc) is 3.09. The molecule has 0 spiro atoms. The van der Waals surface area contributed by atoms with Crippen LogP contribution in [0.1, 0.15) is 34.2 Å². The van der Waals surface area contributed by atoms with Crippen LogP contribution in [-0.2, 0) is 14.3 Å². The van der Waals surface area contributed by atoms with Gasteiger partial charge in [-0.1, -0.05) is 17.7 Å². The smallest absolute Gasteiger partial charge is 0.338 e. The highest BCUT2D eigenvalue weighted by atomic mass is 35.5. The van der Waals surface area contributed by atoms with Gasteiger partial charge >= 0.3 is 5.97 Å². The zero-order valence-electron chi connectivity index (χ0n) is 19.3. The van der Waals surface area contributed by atoms with Crippen LogP contribution in [0, 0.1) is 13.8 Å². The number of rotatable bonds is 5. The van der Waals surface area contributed by atoms with Gasteiger partial charge in [0.2, 0.25) is 0 Å². The van der Waals surface area contributed by atoms with Crippen LogP contribution in [0.15, 0.2) is 60.2 Å². The van der Waals surface area contributed by atoms with Crippen molar-refractivity contribution in [3.05, 3.63) is 87.7 Å². The number of thiocarbonyl (C=S) groups is 1. The van der Waals surface area contributed by atoms with E-state index in [1.807, 2.05) is 36.6 Å². The molecule has 0 aliphatic carbocycles. The fraction of sp³-hybridized carbons (Fsp3) is 0.154. The van der Waals surface area contributed by atoms with Crippen molar-refractivity contribution in [2.24, 2.45) is 0 Å². The first-order valence-corrected chi connectivity index (χ1v) is 11.6. The Labute approximate surface area is 212 Å². The summed E-state index contributed by atoms with van der Waals surface area (Å²) < 4.78 is 7.02. The molecule has 4 rings (SSSR count). The van der Waals surface area contributed by atoms with Gasteiger partial charge in [0.25, 0.3) is 11.8 Å². The Bertz CT molecular complexity index is 1390. The minimum atomic E-state index is -0.568. The molecule has 1 N–H and O–H groups in total. The summed E-state index contributed by atoms with van der Waals surface area (Å²) in [5, 5.41) is 3.02. The van der Waals surface area contributed by atoms with Crippen LogP contribution < -0.4 is 10.2 Å². The van der Waals surface area contributed by atoms with E-state index in [0.717, 1.165) is 17.1 Å². The number of halogens is 1. The summed E-state index contributed by atoms with van der Waals surface area (Å²) in [4.78, 5) is 39.2. The number of ether oxygens (including phenoxy) is 1. The number of amides is 2. The Balaban J connectivity index is 1.70. The molecule has 35 heavy (non-hydrogen) atoms. The average molecular weight is 508 g/mol. The number of nitrogens with zero attached hydrogens (tertiary/aromatic N) is 2. The van der Waals surface area contributed by atoms with E-state index < -0.39 is 11.8 Å². The largest absolute Gasteiger partial charge is 0.462 e. The van der Waals surface area contributed by atoms with E-state index in [1.165, 1.54) is 4.90 Å². The molecule has 1 saturated heterocycles. The van der Waals surface area contributed by atoms with Crippen molar-refractivity contribution < 1.29 is 19.1 Å². The molecule has 3 aromatic rings. The number of aromatic nitrogens is 1. The maximum absolute atomic E-state index is 13.3. The number of anilines is 1. The second kappa shape index (κ2) is 9.85. The van der Waals surface area contributed by atoms with Crippen molar-refractivity contribution >= 4 is 58.5 Å². The van der Waals surface area contributed by atoms with E-state index in [-0.39, 0.29) is 16.7 Å². The van der Waals surface area contributed by atoms with Crippen LogP contribution in [0.4, 0.5) is 5.69 Å². The van der Waals surface area contributed by atoms with Gasteiger partial charge in [-0.2, -0.15) is 0 Å². The molecule has 2 amide bonds. The van der Waals surface area contributed by atoms with Crippen molar-refractivity contribution in [1.29, 1.82) is 0 Å². The third-order valence-corrected chi connectivity index (χ3v) is 6.09. The van der Waals surface area contributed by atoms with Crippen molar-refractivity contribution in [2.45, 2.75) is 20.8 Å². The van der Waals surface area contributed by atoms with E-state index in [1.54, 1.807) is 49.4 Å². The van der Waals surface area contributed by atoms with Gasteiger partial charge in [0, 0.05) is 22.1 Å². The molecule has 0 radical (unpaired) electrons. The van der Waals surface area contributed by atoms with Gasteiger partial charge in [-0.05, 0) is 93.2 Å². The maximum atomic E-state index is 13.3. The predicted molar refractivity (Wildman–Crippen MR) is 139 cm³/mol. The highest BCUT2D eigenvalue weighted by Gasteiger charge is 2.34. The summed E-state index contributed by atoms with van der Waals surface area (Å²) in [7, 11) is 0. The van der Waals surface area contributed by atoms with Crippen molar-refractivity contribution in [2.75, 3.05) is 11.5 Å². The highest BCUT2D eigenvalue weighted by Crippen LogP contribution is 2.27. The van der Waals surface area contributed by atoms with Crippen molar-refractivity contribution in [3.63, 3.8) is 0 Å². The quantitative estimate of drug-likeness (QED) is 0.233. The number of aryl methyl sites for hydroxylation is 1. The van der Waals surface area contributed by atoms with Gasteiger partial charge in [0.05, 0.1) is 17.9 Å². The maximum Gasteiger partial charge on any atom is 0.338 e. The standard InChI is InChI=1S/C26H22ClN3O4S/c1-4-34-25(33)17-8-10-20(11-9-17)29-15(2)12-18(16(29)3)13-22-23(31)28-26(35)30(24(22)32)21-7-5-6-19(27)14-21/h5-14H,4H2,1-3H3,(H,28,31,35)/b22-13+. The molecule has 2 aromatic carbocycles. The Morgan fingerprint density at radius 3 is 2.46 bits per heavy atom. The molecular weight excluding hydrogens is 486 g/mol. The molecule has 0 bridgehead atoms. The molecule has 178 valence electrons. The number of carbonyl (C=O) groups is 3. The van der Waals surface area contributed by atoms with Gasteiger partial charge in [0.15, 0.2) is 5.11 Å². The third-order valence-electron chi connectivity index (χ3n) is 5.57. The molecular formula is C26H22ClN3O4S. The Morgan fingerprint density at radius 1 is 1.09 bits per heavy atom. The Kier molecular flexibility index (Phi) is 6.86. The lowest BCUT2D eigenvalue weighted by Gasteiger charge is -2.29. The number of benzene rings is 2. The zero-order chi connectivity index (χ0) is 25.3. The molecule has 0 unspecified atom stereocenters. The van der Waals surface area contributed by atoms with Gasteiger partial charge < -0.3 is 9.30 Å². The lowest BCUT2D eigenvalue weighted by Crippen LogP contribution is -2.54. The van der Waals surface area contributed by atoms with Gasteiger partial charge in [0.1, 0.15) is 5.57 Å². The third kappa shape index (κ3) is 4.76. The summed E-state index contributed by atoms with van der Waals surface area (Å²) >= 11 is 11.3. The van der Waals surface area contributed by atoms with E-state index >= 15 is 0 Å². The normalized spacial score (nSPS) is 14.9. The van der Waals surface area contributed by atoms with E-state index in [9.17, 15) is 14.4 Å². The topological polar surface area (TPSA) is 80.6 Å². The number of hydrogen-bond acceptors (Lipinski definition) is 5. The van der Waals surface area contributed by atoms with Crippen LogP contribution >= 0.6 is 23.8 Å². The molecule has 0 atom stereocenters. The number of carbonyl (C=O) groups excluding carboxylic acids is 3. The first kappa shape index (κ1) is 24.4. The minimum absolute atomic E-state index is 0.00780. The second-order valence-electron chi connectivity index (χ2n) is 7.87. The minimum Gasteiger partial charge on any atom is -0.462 e. The van der Waals surface area contributed by atoms with Crippen LogP contribution in [-0.4, -0.2) is 34.1 Å². The first-order valence-electron chi connectivity index (χ1n) is 10.8. The van der Waals surface area contributed by atoms with Crippen LogP contribution in [0.3, 0.4) is 0 Å². The molecule has 1 aliphatic heterocycles. The van der Waals surface area contributed by atoms with Crippen LogP contribution in [0.5, 0.6) is 0 Å². The Hall–Kier alpha value is -3.75. The fourth-order valence-electron chi connectivity index (χ4n) is 3.95. The summed E-state index contributed by atoms with van der Waals surface area (Å²) in [5.41, 5.74) is 4.13. The lowest BCUT2D eigenvalue weighted by molar-refractivity contribution is -0.122.